The third kappa shape index (κ3) is 5.51. The second kappa shape index (κ2) is 10.4. The number of nitrogens with one attached hydrogen (secondary N) is 2. The van der Waals surface area contributed by atoms with Crippen molar-refractivity contribution in [3.8, 4) is 11.1 Å². The van der Waals surface area contributed by atoms with Crippen LogP contribution in [0.5, 0.6) is 0 Å². The van der Waals surface area contributed by atoms with Crippen LogP contribution in [-0.2, 0) is 14.3 Å². The molecule has 0 heterocycles. The van der Waals surface area contributed by atoms with Crippen molar-refractivity contribution in [3.63, 3.8) is 0 Å². The van der Waals surface area contributed by atoms with Gasteiger partial charge in [0.2, 0.25) is 5.91 Å². The number of fused-ring (bicyclic) bond motifs is 3. The minimum absolute atomic E-state index is 0.00880. The first kappa shape index (κ1) is 22.1. The molecule has 1 atom stereocenters. The van der Waals surface area contributed by atoms with Crippen molar-refractivity contribution in [3.05, 3.63) is 72.3 Å². The van der Waals surface area contributed by atoms with E-state index in [-0.39, 0.29) is 25.5 Å². The molecular formula is C24H26N2O5. The smallest absolute Gasteiger partial charge is 0.407 e. The van der Waals surface area contributed by atoms with Gasteiger partial charge in [-0.1, -0.05) is 54.6 Å². The third-order valence-electron chi connectivity index (χ3n) is 5.25. The lowest BCUT2D eigenvalue weighted by Gasteiger charge is -2.19. The van der Waals surface area contributed by atoms with Crippen LogP contribution in [0.25, 0.3) is 11.1 Å². The second-order valence-corrected chi connectivity index (χ2v) is 7.32. The summed E-state index contributed by atoms with van der Waals surface area (Å²) in [4.78, 5) is 35.4. The van der Waals surface area contributed by atoms with Crippen molar-refractivity contribution in [2.45, 2.75) is 31.2 Å². The van der Waals surface area contributed by atoms with Gasteiger partial charge in [0, 0.05) is 12.5 Å². The van der Waals surface area contributed by atoms with Gasteiger partial charge in [0.15, 0.2) is 0 Å². The Kier molecular flexibility index (Phi) is 7.43. The van der Waals surface area contributed by atoms with Crippen molar-refractivity contribution in [2.24, 2.45) is 0 Å². The van der Waals surface area contributed by atoms with Crippen molar-refractivity contribution >= 4 is 18.0 Å². The van der Waals surface area contributed by atoms with E-state index in [0.29, 0.717) is 12.8 Å². The van der Waals surface area contributed by atoms with Crippen LogP contribution in [0.2, 0.25) is 0 Å². The number of hydrogen-bond donors (Lipinski definition) is 3. The Bertz CT molecular complexity index is 926. The van der Waals surface area contributed by atoms with E-state index in [1.807, 2.05) is 36.4 Å². The van der Waals surface area contributed by atoms with Crippen LogP contribution in [0.1, 0.15) is 36.3 Å². The van der Waals surface area contributed by atoms with E-state index in [2.05, 4.69) is 29.3 Å². The average Bonchev–Trinajstić information content (AvgIpc) is 3.08. The van der Waals surface area contributed by atoms with Crippen LogP contribution in [0.3, 0.4) is 0 Å². The lowest BCUT2D eigenvalue weighted by molar-refractivity contribution is -0.137. The van der Waals surface area contributed by atoms with Gasteiger partial charge in [0.25, 0.3) is 0 Å². The molecule has 1 aliphatic rings. The van der Waals surface area contributed by atoms with Gasteiger partial charge in [0.05, 0.1) is 6.42 Å². The molecule has 2 aromatic rings. The van der Waals surface area contributed by atoms with Gasteiger partial charge in [-0.25, -0.2) is 4.79 Å². The summed E-state index contributed by atoms with van der Waals surface area (Å²) >= 11 is 0. The first-order chi connectivity index (χ1) is 15.0. The Hall–Kier alpha value is -3.61. The zero-order chi connectivity index (χ0) is 22.2. The SMILES string of the molecule is C=CCCC(NC(=O)OCC1c2ccccc2-c2ccccc21)C(=O)NCCC(=O)O. The summed E-state index contributed by atoms with van der Waals surface area (Å²) in [6.45, 7) is 3.77. The number of rotatable bonds is 10. The number of carbonyl (C=O) groups excluding carboxylic acids is 2. The zero-order valence-electron chi connectivity index (χ0n) is 17.2. The summed E-state index contributed by atoms with van der Waals surface area (Å²) in [7, 11) is 0. The normalized spacial score (nSPS) is 12.9. The molecule has 7 heteroatoms. The summed E-state index contributed by atoms with van der Waals surface area (Å²) in [5.41, 5.74) is 4.47. The third-order valence-corrected chi connectivity index (χ3v) is 5.25. The molecule has 0 bridgehead atoms. The molecule has 2 aromatic carbocycles. The van der Waals surface area contributed by atoms with E-state index in [0.717, 1.165) is 22.3 Å². The van der Waals surface area contributed by atoms with Crippen LogP contribution in [-0.4, -0.2) is 42.3 Å². The molecule has 0 aliphatic heterocycles. The topological polar surface area (TPSA) is 105 Å². The van der Waals surface area contributed by atoms with Crippen molar-refractivity contribution in [1.29, 1.82) is 0 Å². The molecule has 3 N–H and O–H groups in total. The number of hydrogen-bond acceptors (Lipinski definition) is 4. The Morgan fingerprint density at radius 2 is 1.68 bits per heavy atom. The summed E-state index contributed by atoms with van der Waals surface area (Å²) in [5, 5.41) is 13.8. The van der Waals surface area contributed by atoms with Crippen LogP contribution in [0.15, 0.2) is 61.2 Å². The number of alkyl carbamates (subject to hydrolysis) is 1. The second-order valence-electron chi connectivity index (χ2n) is 7.32. The molecule has 0 aromatic heterocycles. The fourth-order valence-electron chi connectivity index (χ4n) is 3.75. The largest absolute Gasteiger partial charge is 0.481 e. The lowest BCUT2D eigenvalue weighted by Crippen LogP contribution is -2.47. The average molecular weight is 422 g/mol. The molecule has 0 spiro atoms. The molecule has 0 saturated heterocycles. The molecule has 162 valence electrons. The summed E-state index contributed by atoms with van der Waals surface area (Å²) in [6, 6.07) is 15.2. The number of benzene rings is 2. The van der Waals surface area contributed by atoms with Crippen molar-refractivity contribution in [1.82, 2.24) is 10.6 Å². The quantitative estimate of drug-likeness (QED) is 0.509. The number of carbonyl (C=O) groups is 3. The highest BCUT2D eigenvalue weighted by Crippen LogP contribution is 2.44. The van der Waals surface area contributed by atoms with Gasteiger partial charge in [-0.2, -0.15) is 0 Å². The first-order valence-corrected chi connectivity index (χ1v) is 10.2. The van der Waals surface area contributed by atoms with Crippen LogP contribution in [0.4, 0.5) is 4.79 Å². The van der Waals surface area contributed by atoms with E-state index in [4.69, 9.17) is 9.84 Å². The predicted molar refractivity (Wildman–Crippen MR) is 117 cm³/mol. The number of amides is 2. The maximum Gasteiger partial charge on any atom is 0.407 e. The van der Waals surface area contributed by atoms with E-state index < -0.39 is 24.0 Å². The van der Waals surface area contributed by atoms with Crippen molar-refractivity contribution in [2.75, 3.05) is 13.2 Å². The monoisotopic (exact) mass is 422 g/mol. The van der Waals surface area contributed by atoms with Gasteiger partial charge in [-0.15, -0.1) is 6.58 Å². The van der Waals surface area contributed by atoms with Gasteiger partial charge < -0.3 is 20.5 Å². The Balaban J connectivity index is 1.62. The van der Waals surface area contributed by atoms with Crippen molar-refractivity contribution < 1.29 is 24.2 Å². The van der Waals surface area contributed by atoms with Crippen LogP contribution in [0, 0.1) is 0 Å². The summed E-state index contributed by atoms with van der Waals surface area (Å²) in [6.07, 6.45) is 1.62. The molecule has 0 radical (unpaired) electrons. The highest BCUT2D eigenvalue weighted by Gasteiger charge is 2.29. The number of carboxylic acids is 1. The van der Waals surface area contributed by atoms with Gasteiger partial charge in [-0.3, -0.25) is 9.59 Å². The highest BCUT2D eigenvalue weighted by atomic mass is 16.5. The molecule has 7 nitrogen and oxygen atoms in total. The standard InChI is InChI=1S/C24H26N2O5/c1-2-3-12-21(23(29)25-14-13-22(27)28)26-24(30)31-15-20-18-10-6-4-8-16(18)17-9-5-7-11-19(17)20/h2,4-11,20-21H,1,3,12-15H2,(H,25,29)(H,26,30)(H,27,28). The highest BCUT2D eigenvalue weighted by molar-refractivity contribution is 5.86. The molecule has 0 fully saturated rings. The Labute approximate surface area is 181 Å². The first-order valence-electron chi connectivity index (χ1n) is 10.2. The predicted octanol–water partition coefficient (Wildman–Crippen LogP) is 3.45. The Morgan fingerprint density at radius 3 is 2.26 bits per heavy atom. The van der Waals surface area contributed by atoms with Gasteiger partial charge in [-0.05, 0) is 35.1 Å². The lowest BCUT2D eigenvalue weighted by atomic mass is 9.98. The van der Waals surface area contributed by atoms with E-state index in [1.165, 1.54) is 0 Å². The van der Waals surface area contributed by atoms with Gasteiger partial charge >= 0.3 is 12.1 Å². The number of ether oxygens (including phenoxy) is 1. The van der Waals surface area contributed by atoms with E-state index in [1.54, 1.807) is 6.08 Å². The Morgan fingerprint density at radius 1 is 1.06 bits per heavy atom. The number of aliphatic carboxylic acids is 1. The minimum Gasteiger partial charge on any atom is -0.481 e. The molecule has 3 rings (SSSR count). The summed E-state index contributed by atoms with van der Waals surface area (Å²) in [5.74, 6) is -1.53. The molecule has 31 heavy (non-hydrogen) atoms. The molecule has 1 aliphatic carbocycles. The maximum absolute atomic E-state index is 12.5. The van der Waals surface area contributed by atoms with Crippen LogP contribution >= 0.6 is 0 Å². The minimum atomic E-state index is -1.01. The fourth-order valence-corrected chi connectivity index (χ4v) is 3.75. The molecule has 2 amide bonds. The summed E-state index contributed by atoms with van der Waals surface area (Å²) < 4.78 is 5.49. The molecule has 1 unspecified atom stereocenters. The maximum atomic E-state index is 12.5. The van der Waals surface area contributed by atoms with E-state index in [9.17, 15) is 14.4 Å². The number of allylic oxidation sites excluding steroid dienone is 1. The fraction of sp³-hybridized carbons (Fsp3) is 0.292. The zero-order valence-corrected chi connectivity index (χ0v) is 17.2. The van der Waals surface area contributed by atoms with E-state index >= 15 is 0 Å². The van der Waals surface area contributed by atoms with Gasteiger partial charge in [0.1, 0.15) is 12.6 Å². The molecule has 0 saturated carbocycles. The molecular weight excluding hydrogens is 396 g/mol. The number of carboxylic acid groups (broad SMARTS) is 1. The van der Waals surface area contributed by atoms with Crippen LogP contribution < -0.4 is 10.6 Å².